The van der Waals surface area contributed by atoms with Gasteiger partial charge >= 0.3 is 0 Å². The van der Waals surface area contributed by atoms with Gasteiger partial charge in [0.05, 0.1) is 0 Å². The number of aryl methyl sites for hydroxylation is 2. The van der Waals surface area contributed by atoms with E-state index < -0.39 is 0 Å². The maximum atomic E-state index is 3.49. The van der Waals surface area contributed by atoms with Crippen LogP contribution in [0.3, 0.4) is 0 Å². The summed E-state index contributed by atoms with van der Waals surface area (Å²) in [7, 11) is 0. The molecular weight excluding hydrogens is 182 g/mol. The largest absolute Gasteiger partial charge is 0.316 e. The normalized spacial score (nSPS) is 21.6. The molecule has 1 aromatic carbocycles. The van der Waals surface area contributed by atoms with Gasteiger partial charge in [-0.15, -0.1) is 0 Å². The predicted octanol–water partition coefficient (Wildman–Crippen LogP) is 2.85. The van der Waals surface area contributed by atoms with E-state index in [1.807, 2.05) is 0 Å². The van der Waals surface area contributed by atoms with Gasteiger partial charge < -0.3 is 5.32 Å². The van der Waals surface area contributed by atoms with Crippen molar-refractivity contribution in [2.24, 2.45) is 5.92 Å². The van der Waals surface area contributed by atoms with Gasteiger partial charge in [-0.2, -0.15) is 0 Å². The van der Waals surface area contributed by atoms with E-state index in [0.717, 1.165) is 5.92 Å². The molecule has 1 aliphatic rings. The Morgan fingerprint density at radius 1 is 1.33 bits per heavy atom. The van der Waals surface area contributed by atoms with Gasteiger partial charge in [0.25, 0.3) is 0 Å². The first kappa shape index (κ1) is 10.7. The zero-order valence-corrected chi connectivity index (χ0v) is 9.84. The fourth-order valence-corrected chi connectivity index (χ4v) is 2.43. The van der Waals surface area contributed by atoms with E-state index in [9.17, 15) is 0 Å². The fraction of sp³-hybridized carbons (Fsp3) is 0.571. The van der Waals surface area contributed by atoms with Crippen molar-refractivity contribution in [2.45, 2.75) is 33.1 Å². The van der Waals surface area contributed by atoms with Crippen LogP contribution in [-0.2, 0) is 6.42 Å². The van der Waals surface area contributed by atoms with Crippen molar-refractivity contribution in [1.82, 2.24) is 5.32 Å². The number of rotatable bonds is 2. The van der Waals surface area contributed by atoms with Crippen molar-refractivity contribution in [3.63, 3.8) is 0 Å². The van der Waals surface area contributed by atoms with E-state index in [0.29, 0.717) is 0 Å². The number of benzene rings is 1. The molecule has 0 aromatic heterocycles. The van der Waals surface area contributed by atoms with Crippen LogP contribution >= 0.6 is 0 Å². The molecule has 82 valence electrons. The Morgan fingerprint density at radius 2 is 2.20 bits per heavy atom. The molecule has 1 N–H and O–H groups in total. The Morgan fingerprint density at radius 3 is 2.93 bits per heavy atom. The van der Waals surface area contributed by atoms with Crippen LogP contribution in [-0.4, -0.2) is 13.1 Å². The van der Waals surface area contributed by atoms with Crippen molar-refractivity contribution in [2.75, 3.05) is 13.1 Å². The second-order valence-electron chi connectivity index (χ2n) is 4.85. The summed E-state index contributed by atoms with van der Waals surface area (Å²) in [6.45, 7) is 6.82. The van der Waals surface area contributed by atoms with Gasteiger partial charge in [-0.3, -0.25) is 0 Å². The van der Waals surface area contributed by atoms with Crippen LogP contribution in [0.25, 0.3) is 0 Å². The first-order valence-electron chi connectivity index (χ1n) is 6.02. The van der Waals surface area contributed by atoms with Gasteiger partial charge in [0.15, 0.2) is 0 Å². The molecule has 1 aliphatic heterocycles. The number of piperidine rings is 1. The average molecular weight is 203 g/mol. The Bertz CT molecular complexity index is 324. The van der Waals surface area contributed by atoms with Crippen molar-refractivity contribution in [3.8, 4) is 0 Å². The molecule has 0 saturated carbocycles. The highest BCUT2D eigenvalue weighted by Crippen LogP contribution is 2.19. The minimum Gasteiger partial charge on any atom is -0.316 e. The van der Waals surface area contributed by atoms with E-state index >= 15 is 0 Å². The highest BCUT2D eigenvalue weighted by Gasteiger charge is 2.14. The van der Waals surface area contributed by atoms with Gasteiger partial charge in [-0.1, -0.05) is 23.8 Å². The zero-order valence-electron chi connectivity index (χ0n) is 9.84. The highest BCUT2D eigenvalue weighted by atomic mass is 14.9. The Balaban J connectivity index is 2.05. The topological polar surface area (TPSA) is 12.0 Å². The summed E-state index contributed by atoms with van der Waals surface area (Å²) in [4.78, 5) is 0. The second-order valence-corrected chi connectivity index (χ2v) is 4.85. The van der Waals surface area contributed by atoms with Crippen LogP contribution < -0.4 is 5.32 Å². The molecule has 0 amide bonds. The monoisotopic (exact) mass is 203 g/mol. The fourth-order valence-electron chi connectivity index (χ4n) is 2.43. The molecule has 1 heteroatoms. The first-order valence-corrected chi connectivity index (χ1v) is 6.02. The SMILES string of the molecule is Cc1ccc(C)c(CC2CCCNC2)c1. The highest BCUT2D eigenvalue weighted by molar-refractivity contribution is 5.30. The molecule has 1 unspecified atom stereocenters. The molecule has 0 aliphatic carbocycles. The Labute approximate surface area is 92.9 Å². The number of hydrogen-bond donors (Lipinski definition) is 1. The average Bonchev–Trinajstić information content (AvgIpc) is 2.25. The Kier molecular flexibility index (Phi) is 3.42. The lowest BCUT2D eigenvalue weighted by molar-refractivity contribution is 0.375. The molecule has 0 spiro atoms. The third-order valence-electron chi connectivity index (χ3n) is 3.41. The maximum Gasteiger partial charge on any atom is -0.00173 e. The molecule has 0 radical (unpaired) electrons. The number of nitrogens with one attached hydrogen (secondary N) is 1. The van der Waals surface area contributed by atoms with E-state index in [1.165, 1.54) is 43.5 Å². The first-order chi connectivity index (χ1) is 7.25. The molecule has 1 nitrogen and oxygen atoms in total. The molecule has 1 heterocycles. The minimum absolute atomic E-state index is 0.847. The summed E-state index contributed by atoms with van der Waals surface area (Å²) in [5.74, 6) is 0.847. The van der Waals surface area contributed by atoms with Gasteiger partial charge in [0, 0.05) is 0 Å². The van der Waals surface area contributed by atoms with E-state index in [-0.39, 0.29) is 0 Å². The summed E-state index contributed by atoms with van der Waals surface area (Å²) in [5, 5.41) is 3.49. The second kappa shape index (κ2) is 4.80. The lowest BCUT2D eigenvalue weighted by atomic mass is 9.90. The van der Waals surface area contributed by atoms with Crippen LogP contribution in [0.5, 0.6) is 0 Å². The predicted molar refractivity (Wildman–Crippen MR) is 65.2 cm³/mol. The van der Waals surface area contributed by atoms with Crippen molar-refractivity contribution < 1.29 is 0 Å². The lowest BCUT2D eigenvalue weighted by Gasteiger charge is -2.23. The lowest BCUT2D eigenvalue weighted by Crippen LogP contribution is -2.30. The van der Waals surface area contributed by atoms with Crippen molar-refractivity contribution >= 4 is 0 Å². The van der Waals surface area contributed by atoms with Gasteiger partial charge in [0.2, 0.25) is 0 Å². The minimum atomic E-state index is 0.847. The van der Waals surface area contributed by atoms with Crippen LogP contribution in [0, 0.1) is 19.8 Å². The smallest absolute Gasteiger partial charge is 0.00173 e. The van der Waals surface area contributed by atoms with Crippen LogP contribution in [0.1, 0.15) is 29.5 Å². The zero-order chi connectivity index (χ0) is 10.7. The van der Waals surface area contributed by atoms with E-state index in [1.54, 1.807) is 5.56 Å². The molecule has 1 aromatic rings. The Hall–Kier alpha value is -0.820. The van der Waals surface area contributed by atoms with Gasteiger partial charge in [-0.25, -0.2) is 0 Å². The summed E-state index contributed by atoms with van der Waals surface area (Å²) >= 11 is 0. The van der Waals surface area contributed by atoms with Crippen LogP contribution in [0.2, 0.25) is 0 Å². The molecule has 0 bridgehead atoms. The standard InChI is InChI=1S/C14H21N/c1-11-5-6-12(2)14(8-11)9-13-4-3-7-15-10-13/h5-6,8,13,15H,3-4,7,9-10H2,1-2H3. The van der Waals surface area contributed by atoms with Crippen LogP contribution in [0.15, 0.2) is 18.2 Å². The van der Waals surface area contributed by atoms with Crippen LogP contribution in [0.4, 0.5) is 0 Å². The quantitative estimate of drug-likeness (QED) is 0.779. The van der Waals surface area contributed by atoms with Gasteiger partial charge in [-0.05, 0) is 63.2 Å². The molecule has 1 atom stereocenters. The third-order valence-corrected chi connectivity index (χ3v) is 3.41. The van der Waals surface area contributed by atoms with E-state index in [4.69, 9.17) is 0 Å². The van der Waals surface area contributed by atoms with Crippen molar-refractivity contribution in [1.29, 1.82) is 0 Å². The molecular formula is C14H21N. The van der Waals surface area contributed by atoms with Crippen molar-refractivity contribution in [3.05, 3.63) is 34.9 Å². The molecule has 1 saturated heterocycles. The molecule has 15 heavy (non-hydrogen) atoms. The molecule has 2 rings (SSSR count). The summed E-state index contributed by atoms with van der Waals surface area (Å²) in [6, 6.07) is 6.81. The summed E-state index contributed by atoms with van der Waals surface area (Å²) in [6.07, 6.45) is 3.98. The van der Waals surface area contributed by atoms with Gasteiger partial charge in [0.1, 0.15) is 0 Å². The third kappa shape index (κ3) is 2.82. The molecule has 1 fully saturated rings. The van der Waals surface area contributed by atoms with E-state index in [2.05, 4.69) is 37.4 Å². The number of hydrogen-bond acceptors (Lipinski definition) is 1. The summed E-state index contributed by atoms with van der Waals surface area (Å²) < 4.78 is 0. The maximum absolute atomic E-state index is 3.49. The summed E-state index contributed by atoms with van der Waals surface area (Å²) in [5.41, 5.74) is 4.38.